The predicted octanol–water partition coefficient (Wildman–Crippen LogP) is 1.16. The number of aliphatic hydroxyl groups is 1. The first-order valence-corrected chi connectivity index (χ1v) is 2.49. The summed E-state index contributed by atoms with van der Waals surface area (Å²) in [5.74, 6) is 0. The summed E-state index contributed by atoms with van der Waals surface area (Å²) in [6.07, 6.45) is 1.71. The van der Waals surface area contributed by atoms with Crippen molar-refractivity contribution < 1.29 is 31.3 Å². The smallest absolute Gasteiger partial charge is 0.0535 e. The number of rotatable bonds is 2. The van der Waals surface area contributed by atoms with E-state index in [4.69, 9.17) is 5.11 Å². The fourth-order valence-corrected chi connectivity index (χ4v) is 0.289. The molecule has 0 rings (SSSR count). The van der Waals surface area contributed by atoms with Crippen molar-refractivity contribution in [2.45, 2.75) is 32.8 Å². The first kappa shape index (κ1) is 10.8. The molecule has 1 N–H and O–H groups in total. The summed E-state index contributed by atoms with van der Waals surface area (Å²) >= 11 is 0. The second-order valence-corrected chi connectivity index (χ2v) is 1.47. The third-order valence-electron chi connectivity index (χ3n) is 0.942. The molecule has 0 spiro atoms. The van der Waals surface area contributed by atoms with E-state index in [1.54, 1.807) is 0 Å². The van der Waals surface area contributed by atoms with Gasteiger partial charge >= 0.3 is 0 Å². The SMILES string of the molecule is CCC(O)CC.[Zr]. The summed E-state index contributed by atoms with van der Waals surface area (Å²) in [6.45, 7) is 3.96. The van der Waals surface area contributed by atoms with Crippen LogP contribution < -0.4 is 0 Å². The molecule has 1 nitrogen and oxygen atoms in total. The van der Waals surface area contributed by atoms with E-state index in [1.165, 1.54) is 0 Å². The molecule has 0 aromatic carbocycles. The van der Waals surface area contributed by atoms with Gasteiger partial charge < -0.3 is 5.11 Å². The topological polar surface area (TPSA) is 20.2 Å². The van der Waals surface area contributed by atoms with Crippen LogP contribution in [0.1, 0.15) is 26.7 Å². The van der Waals surface area contributed by atoms with Crippen LogP contribution in [0.25, 0.3) is 0 Å². The molecule has 0 amide bonds. The molecule has 7 heavy (non-hydrogen) atoms. The van der Waals surface area contributed by atoms with Gasteiger partial charge in [0.25, 0.3) is 0 Å². The van der Waals surface area contributed by atoms with Crippen molar-refractivity contribution in [1.29, 1.82) is 0 Å². The van der Waals surface area contributed by atoms with Gasteiger partial charge in [0.2, 0.25) is 0 Å². The first-order chi connectivity index (χ1) is 2.81. The first-order valence-electron chi connectivity index (χ1n) is 2.49. The second kappa shape index (κ2) is 6.84. The molecule has 2 heteroatoms. The zero-order valence-electron chi connectivity index (χ0n) is 4.94. The minimum Gasteiger partial charge on any atom is -0.393 e. The van der Waals surface area contributed by atoms with Crippen molar-refractivity contribution in [2.24, 2.45) is 0 Å². The van der Waals surface area contributed by atoms with Crippen LogP contribution in [-0.2, 0) is 26.2 Å². The van der Waals surface area contributed by atoms with E-state index in [9.17, 15) is 0 Å². The summed E-state index contributed by atoms with van der Waals surface area (Å²) in [4.78, 5) is 0. The van der Waals surface area contributed by atoms with Gasteiger partial charge in [-0.05, 0) is 12.8 Å². The van der Waals surface area contributed by atoms with Crippen LogP contribution in [0, 0.1) is 0 Å². The Kier molecular flexibility index (Phi) is 10.5. The van der Waals surface area contributed by atoms with Crippen LogP contribution in [0.5, 0.6) is 0 Å². The van der Waals surface area contributed by atoms with Gasteiger partial charge in [-0.1, -0.05) is 13.8 Å². The van der Waals surface area contributed by atoms with Gasteiger partial charge in [0, 0.05) is 26.2 Å². The fourth-order valence-electron chi connectivity index (χ4n) is 0.289. The third kappa shape index (κ3) is 6.84. The largest absolute Gasteiger partial charge is 0.393 e. The zero-order valence-corrected chi connectivity index (χ0v) is 7.40. The molecule has 0 atom stereocenters. The molecule has 0 unspecified atom stereocenters. The van der Waals surface area contributed by atoms with E-state index in [0.717, 1.165) is 12.8 Å². The normalized spacial score (nSPS) is 8.57. The van der Waals surface area contributed by atoms with Gasteiger partial charge in [-0.25, -0.2) is 0 Å². The molecule has 0 bridgehead atoms. The van der Waals surface area contributed by atoms with Crippen molar-refractivity contribution >= 4 is 0 Å². The Balaban J connectivity index is 0. The molecule has 0 aliphatic heterocycles. The molecule has 0 aliphatic rings. The minimum atomic E-state index is -0.0648. The van der Waals surface area contributed by atoms with E-state index in [1.807, 2.05) is 13.8 Å². The maximum Gasteiger partial charge on any atom is 0.0535 e. The third-order valence-corrected chi connectivity index (χ3v) is 0.942. The summed E-state index contributed by atoms with van der Waals surface area (Å²) in [6, 6.07) is 0. The number of hydrogen-bond donors (Lipinski definition) is 1. The zero-order chi connectivity index (χ0) is 4.99. The van der Waals surface area contributed by atoms with E-state index < -0.39 is 0 Å². The van der Waals surface area contributed by atoms with Gasteiger partial charge in [0.05, 0.1) is 6.10 Å². The Bertz CT molecular complexity index is 27.3. The van der Waals surface area contributed by atoms with Crippen LogP contribution in [-0.4, -0.2) is 11.2 Å². The molecule has 42 valence electrons. The standard InChI is InChI=1S/C5H12O.Zr/c1-3-5(6)4-2;/h5-6H,3-4H2,1-2H3;. The molecule has 0 aromatic rings. The van der Waals surface area contributed by atoms with E-state index in [0.29, 0.717) is 0 Å². The Morgan fingerprint density at radius 3 is 1.57 bits per heavy atom. The van der Waals surface area contributed by atoms with Crippen LogP contribution in [0.15, 0.2) is 0 Å². The average molecular weight is 179 g/mol. The maximum atomic E-state index is 8.67. The van der Waals surface area contributed by atoms with Gasteiger partial charge in [-0.15, -0.1) is 0 Å². The number of aliphatic hydroxyl groups excluding tert-OH is 1. The molecule has 0 aromatic heterocycles. The quantitative estimate of drug-likeness (QED) is 0.674. The molecule has 0 fully saturated rings. The summed E-state index contributed by atoms with van der Waals surface area (Å²) in [5.41, 5.74) is 0. The predicted molar refractivity (Wildman–Crippen MR) is 26.6 cm³/mol. The summed E-state index contributed by atoms with van der Waals surface area (Å²) < 4.78 is 0. The number of hydrogen-bond acceptors (Lipinski definition) is 1. The van der Waals surface area contributed by atoms with Crippen LogP contribution >= 0.6 is 0 Å². The van der Waals surface area contributed by atoms with Crippen molar-refractivity contribution in [1.82, 2.24) is 0 Å². The molecule has 0 saturated heterocycles. The van der Waals surface area contributed by atoms with Crippen molar-refractivity contribution in [3.63, 3.8) is 0 Å². The molecular weight excluding hydrogens is 167 g/mol. The summed E-state index contributed by atoms with van der Waals surface area (Å²) in [7, 11) is 0. The van der Waals surface area contributed by atoms with Crippen LogP contribution in [0.2, 0.25) is 0 Å². The Hall–Kier alpha value is 0.843. The molecule has 0 saturated carbocycles. The fraction of sp³-hybridized carbons (Fsp3) is 1.00. The Morgan fingerprint density at radius 1 is 1.29 bits per heavy atom. The Morgan fingerprint density at radius 2 is 1.57 bits per heavy atom. The minimum absolute atomic E-state index is 0. The monoisotopic (exact) mass is 178 g/mol. The van der Waals surface area contributed by atoms with Gasteiger partial charge in [-0.2, -0.15) is 0 Å². The van der Waals surface area contributed by atoms with Gasteiger partial charge in [0.1, 0.15) is 0 Å². The van der Waals surface area contributed by atoms with Crippen LogP contribution in [0.4, 0.5) is 0 Å². The Labute approximate surface area is 64.2 Å². The molecule has 0 heterocycles. The van der Waals surface area contributed by atoms with E-state index in [2.05, 4.69) is 0 Å². The second-order valence-electron chi connectivity index (χ2n) is 1.47. The molecular formula is C5H12OZr. The van der Waals surface area contributed by atoms with Gasteiger partial charge in [-0.3, -0.25) is 0 Å². The average Bonchev–Trinajstić information content (AvgIpc) is 1.65. The van der Waals surface area contributed by atoms with Gasteiger partial charge in [0.15, 0.2) is 0 Å². The van der Waals surface area contributed by atoms with Crippen LogP contribution in [0.3, 0.4) is 0 Å². The van der Waals surface area contributed by atoms with E-state index >= 15 is 0 Å². The molecule has 0 aliphatic carbocycles. The molecule has 0 radical (unpaired) electrons. The van der Waals surface area contributed by atoms with E-state index in [-0.39, 0.29) is 32.3 Å². The van der Waals surface area contributed by atoms with Crippen molar-refractivity contribution in [3.8, 4) is 0 Å². The van der Waals surface area contributed by atoms with Crippen molar-refractivity contribution in [3.05, 3.63) is 0 Å². The summed E-state index contributed by atoms with van der Waals surface area (Å²) in [5, 5.41) is 8.67. The maximum absolute atomic E-state index is 8.67. The van der Waals surface area contributed by atoms with Crippen molar-refractivity contribution in [2.75, 3.05) is 0 Å².